The molecule has 1 aromatic heterocycles. The Balaban J connectivity index is 1.48. The van der Waals surface area contributed by atoms with E-state index in [0.717, 1.165) is 35.3 Å². The third-order valence-electron chi connectivity index (χ3n) is 6.71. The van der Waals surface area contributed by atoms with E-state index in [1.165, 1.54) is 19.3 Å². The summed E-state index contributed by atoms with van der Waals surface area (Å²) in [5, 5.41) is 9.83. The summed E-state index contributed by atoms with van der Waals surface area (Å²) >= 11 is 6.09. The molecule has 34 heavy (non-hydrogen) atoms. The molecule has 0 unspecified atom stereocenters. The molecule has 0 spiro atoms. The second-order valence-electron chi connectivity index (χ2n) is 9.10. The van der Waals surface area contributed by atoms with Crippen LogP contribution >= 0.6 is 11.6 Å². The van der Waals surface area contributed by atoms with Crippen molar-refractivity contribution >= 4 is 34.5 Å². The lowest BCUT2D eigenvalue weighted by Crippen LogP contribution is -2.35. The molecule has 3 aromatic rings. The van der Waals surface area contributed by atoms with Gasteiger partial charge >= 0.3 is 5.97 Å². The van der Waals surface area contributed by atoms with Gasteiger partial charge < -0.3 is 14.6 Å². The van der Waals surface area contributed by atoms with Crippen molar-refractivity contribution < 1.29 is 14.7 Å². The number of halogens is 1. The molecule has 0 atom stereocenters. The Labute approximate surface area is 205 Å². The first kappa shape index (κ1) is 24.3. The van der Waals surface area contributed by atoms with Crippen molar-refractivity contribution in [3.63, 3.8) is 0 Å². The number of benzene rings is 2. The maximum absolute atomic E-state index is 13.2. The van der Waals surface area contributed by atoms with Gasteiger partial charge in [-0.2, -0.15) is 0 Å². The summed E-state index contributed by atoms with van der Waals surface area (Å²) in [6.07, 6.45) is 6.88. The minimum absolute atomic E-state index is 0.0318. The van der Waals surface area contributed by atoms with Crippen LogP contribution in [0.2, 0.25) is 5.02 Å². The van der Waals surface area contributed by atoms with Crippen molar-refractivity contribution in [3.05, 3.63) is 64.9 Å². The molecule has 0 saturated heterocycles. The third kappa shape index (κ3) is 6.17. The van der Waals surface area contributed by atoms with E-state index < -0.39 is 5.97 Å². The lowest BCUT2D eigenvalue weighted by Gasteiger charge is -2.24. The molecule has 1 amide bonds. The van der Waals surface area contributed by atoms with E-state index in [2.05, 4.69) is 10.6 Å². The van der Waals surface area contributed by atoms with Gasteiger partial charge in [0.15, 0.2) is 0 Å². The zero-order valence-electron chi connectivity index (χ0n) is 19.5. The highest BCUT2D eigenvalue weighted by Gasteiger charge is 2.23. The van der Waals surface area contributed by atoms with E-state index in [0.29, 0.717) is 36.9 Å². The summed E-state index contributed by atoms with van der Waals surface area (Å²) in [7, 11) is 0. The van der Waals surface area contributed by atoms with Crippen LogP contribution in [0, 0.1) is 0 Å². The van der Waals surface area contributed by atoms with Crippen LogP contribution in [0.5, 0.6) is 0 Å². The molecule has 2 aromatic carbocycles. The van der Waals surface area contributed by atoms with Gasteiger partial charge in [-0.15, -0.1) is 0 Å². The molecule has 1 aliphatic carbocycles. The molecule has 1 fully saturated rings. The van der Waals surface area contributed by atoms with Gasteiger partial charge in [0.1, 0.15) is 5.82 Å². The predicted octanol–water partition coefficient (Wildman–Crippen LogP) is 5.67. The summed E-state index contributed by atoms with van der Waals surface area (Å²) in [5.74, 6) is 0.586. The molecule has 1 aliphatic rings. The van der Waals surface area contributed by atoms with Gasteiger partial charge in [0.25, 0.3) is 0 Å². The Morgan fingerprint density at radius 3 is 2.59 bits per heavy atom. The van der Waals surface area contributed by atoms with Gasteiger partial charge in [-0.1, -0.05) is 55.1 Å². The summed E-state index contributed by atoms with van der Waals surface area (Å²) in [6, 6.07) is 15.7. The highest BCUT2D eigenvalue weighted by atomic mass is 35.5. The Bertz CT molecular complexity index is 1140. The largest absolute Gasteiger partial charge is 0.481 e. The molecule has 4 rings (SSSR count). The van der Waals surface area contributed by atoms with E-state index in [4.69, 9.17) is 16.6 Å². The lowest BCUT2D eigenvalue weighted by molar-refractivity contribution is -0.138. The number of rotatable bonds is 10. The molecule has 6 nitrogen and oxygen atoms in total. The smallest absolute Gasteiger partial charge is 0.305 e. The maximum Gasteiger partial charge on any atom is 0.305 e. The van der Waals surface area contributed by atoms with Gasteiger partial charge in [-0.3, -0.25) is 9.59 Å². The zero-order valence-corrected chi connectivity index (χ0v) is 20.2. The van der Waals surface area contributed by atoms with Crippen LogP contribution < -0.4 is 0 Å². The van der Waals surface area contributed by atoms with Crippen LogP contribution in [0.1, 0.15) is 62.3 Å². The van der Waals surface area contributed by atoms with Gasteiger partial charge in [0.05, 0.1) is 17.5 Å². The number of carbonyl (C=O) groups excluding carboxylic acids is 1. The second kappa shape index (κ2) is 11.5. The Kier molecular flexibility index (Phi) is 8.22. The fourth-order valence-corrected chi connectivity index (χ4v) is 5.13. The molecule has 180 valence electrons. The third-order valence-corrected chi connectivity index (χ3v) is 6.95. The highest BCUT2D eigenvalue weighted by Crippen LogP contribution is 2.34. The number of fused-ring (bicyclic) bond motifs is 1. The van der Waals surface area contributed by atoms with Crippen molar-refractivity contribution in [2.24, 2.45) is 0 Å². The molecule has 1 heterocycles. The first-order valence-corrected chi connectivity index (χ1v) is 12.6. The van der Waals surface area contributed by atoms with Crippen molar-refractivity contribution in [2.75, 3.05) is 13.1 Å². The second-order valence-corrected chi connectivity index (χ2v) is 9.54. The number of aromatic nitrogens is 2. The molecule has 1 N–H and O–H groups in total. The van der Waals surface area contributed by atoms with Gasteiger partial charge in [-0.25, -0.2) is 4.98 Å². The Hall–Kier alpha value is -2.86. The van der Waals surface area contributed by atoms with Crippen LogP contribution in [-0.2, 0) is 22.6 Å². The van der Waals surface area contributed by atoms with E-state index >= 15 is 0 Å². The SMILES string of the molecule is O=C(O)CCN(CCc1cccc(Cl)c1)C(=O)CCn1c(C2CCCCC2)nc2ccccc21. The van der Waals surface area contributed by atoms with Crippen LogP contribution in [-0.4, -0.2) is 44.5 Å². The van der Waals surface area contributed by atoms with Crippen molar-refractivity contribution in [1.29, 1.82) is 0 Å². The maximum atomic E-state index is 13.2. The topological polar surface area (TPSA) is 75.4 Å². The lowest BCUT2D eigenvalue weighted by atomic mass is 9.88. The molecule has 0 bridgehead atoms. The number of para-hydroxylation sites is 2. The number of carboxylic acids is 1. The van der Waals surface area contributed by atoms with Gasteiger partial charge in [-0.05, 0) is 49.1 Å². The van der Waals surface area contributed by atoms with Crippen LogP contribution in [0.25, 0.3) is 11.0 Å². The van der Waals surface area contributed by atoms with Crippen molar-refractivity contribution in [1.82, 2.24) is 14.5 Å². The van der Waals surface area contributed by atoms with Crippen LogP contribution in [0.15, 0.2) is 48.5 Å². The van der Waals surface area contributed by atoms with Crippen LogP contribution in [0.3, 0.4) is 0 Å². The molecule has 0 radical (unpaired) electrons. The molecular weight excluding hydrogens is 450 g/mol. The molecule has 0 aliphatic heterocycles. The fraction of sp³-hybridized carbons (Fsp3) is 0.444. The fourth-order valence-electron chi connectivity index (χ4n) is 4.92. The van der Waals surface area contributed by atoms with E-state index in [1.807, 2.05) is 42.5 Å². The summed E-state index contributed by atoms with van der Waals surface area (Å²) in [5.41, 5.74) is 3.06. The standard InChI is InChI=1S/C27H32ClN3O3/c28-22-10-6-7-20(19-22)13-16-30(17-15-26(33)34)25(32)14-18-31-24-12-5-4-11-23(24)29-27(31)21-8-2-1-3-9-21/h4-7,10-12,19,21H,1-3,8-9,13-18H2,(H,33,34). The number of hydrogen-bond donors (Lipinski definition) is 1. The molecule has 7 heteroatoms. The summed E-state index contributed by atoms with van der Waals surface area (Å²) in [4.78, 5) is 31.1. The van der Waals surface area contributed by atoms with Gasteiger partial charge in [0, 0.05) is 37.0 Å². The minimum Gasteiger partial charge on any atom is -0.481 e. The quantitative estimate of drug-likeness (QED) is 0.404. The number of aliphatic carboxylic acids is 1. The van der Waals surface area contributed by atoms with Crippen molar-refractivity contribution in [2.45, 2.75) is 63.8 Å². The zero-order chi connectivity index (χ0) is 23.9. The van der Waals surface area contributed by atoms with Gasteiger partial charge in [0.2, 0.25) is 5.91 Å². The predicted molar refractivity (Wildman–Crippen MR) is 134 cm³/mol. The Morgan fingerprint density at radius 2 is 1.82 bits per heavy atom. The van der Waals surface area contributed by atoms with E-state index in [9.17, 15) is 14.7 Å². The summed E-state index contributed by atoms with van der Waals surface area (Å²) in [6.45, 7) is 1.22. The minimum atomic E-state index is -0.902. The molecule has 1 saturated carbocycles. The average Bonchev–Trinajstić information content (AvgIpc) is 3.21. The normalized spacial score (nSPS) is 14.4. The van der Waals surface area contributed by atoms with Crippen LogP contribution in [0.4, 0.5) is 0 Å². The molecular formula is C27H32ClN3O3. The first-order chi connectivity index (χ1) is 16.5. The average molecular weight is 482 g/mol. The first-order valence-electron chi connectivity index (χ1n) is 12.2. The number of carbonyl (C=O) groups is 2. The van der Waals surface area contributed by atoms with E-state index in [-0.39, 0.29) is 18.9 Å². The Morgan fingerprint density at radius 1 is 1.03 bits per heavy atom. The number of aryl methyl sites for hydroxylation is 1. The number of amides is 1. The number of nitrogens with zero attached hydrogens (tertiary/aromatic N) is 3. The van der Waals surface area contributed by atoms with E-state index in [1.54, 1.807) is 4.90 Å². The summed E-state index contributed by atoms with van der Waals surface area (Å²) < 4.78 is 2.22. The monoisotopic (exact) mass is 481 g/mol. The highest BCUT2D eigenvalue weighted by molar-refractivity contribution is 6.30. The number of imidazole rings is 1. The number of carboxylic acid groups (broad SMARTS) is 1. The number of hydrogen-bond acceptors (Lipinski definition) is 3. The van der Waals surface area contributed by atoms with Crippen molar-refractivity contribution in [3.8, 4) is 0 Å².